The second-order valence-corrected chi connectivity index (χ2v) is 4.59. The Labute approximate surface area is 103 Å². The minimum Gasteiger partial charge on any atom is -0.469 e. The highest BCUT2D eigenvalue weighted by Gasteiger charge is 2.12. The van der Waals surface area contributed by atoms with Gasteiger partial charge in [-0.2, -0.15) is 0 Å². The van der Waals surface area contributed by atoms with Crippen LogP contribution in [0.1, 0.15) is 32.3 Å². The van der Waals surface area contributed by atoms with E-state index in [4.69, 9.17) is 0 Å². The van der Waals surface area contributed by atoms with Gasteiger partial charge in [-0.3, -0.25) is 4.79 Å². The highest BCUT2D eigenvalue weighted by atomic mass is 16.5. The van der Waals surface area contributed by atoms with Crippen LogP contribution in [0, 0.1) is 5.92 Å². The Morgan fingerprint density at radius 3 is 2.65 bits per heavy atom. The molecule has 0 heterocycles. The second-order valence-electron chi connectivity index (χ2n) is 4.59. The van der Waals surface area contributed by atoms with Crippen LogP contribution in [0.2, 0.25) is 0 Å². The number of esters is 1. The normalized spacial score (nSPS) is 12.3. The topological polar surface area (TPSA) is 38.3 Å². The van der Waals surface area contributed by atoms with Crippen molar-refractivity contribution in [2.75, 3.05) is 19.0 Å². The number of anilines is 1. The molecular weight excluding hydrogens is 214 g/mol. The number of nitrogens with one attached hydrogen (secondary N) is 1. The Morgan fingerprint density at radius 2 is 2.06 bits per heavy atom. The number of benzene rings is 1. The Balaban J connectivity index is 2.57. The van der Waals surface area contributed by atoms with Crippen molar-refractivity contribution < 1.29 is 9.53 Å². The average molecular weight is 235 g/mol. The zero-order valence-corrected chi connectivity index (χ0v) is 11.0. The summed E-state index contributed by atoms with van der Waals surface area (Å²) in [5.41, 5.74) is 2.34. The highest BCUT2D eigenvalue weighted by molar-refractivity contribution is 5.72. The van der Waals surface area contributed by atoms with E-state index < -0.39 is 0 Å². The maximum absolute atomic E-state index is 11.2. The predicted molar refractivity (Wildman–Crippen MR) is 70.2 cm³/mol. The summed E-state index contributed by atoms with van der Waals surface area (Å²) in [7, 11) is 1.41. The van der Waals surface area contributed by atoms with Gasteiger partial charge in [0.05, 0.1) is 13.0 Å². The van der Waals surface area contributed by atoms with Crippen LogP contribution in [0.5, 0.6) is 0 Å². The minimum atomic E-state index is -0.183. The van der Waals surface area contributed by atoms with E-state index in [0.29, 0.717) is 12.5 Å². The van der Waals surface area contributed by atoms with Gasteiger partial charge in [0.25, 0.3) is 0 Å². The molecule has 0 saturated carbocycles. The van der Waals surface area contributed by atoms with E-state index in [1.807, 2.05) is 19.1 Å². The third-order valence-electron chi connectivity index (χ3n) is 2.77. The SMILES string of the molecule is COC(=O)C(C)CNc1cccc(C(C)C)c1. The van der Waals surface area contributed by atoms with Crippen molar-refractivity contribution >= 4 is 11.7 Å². The molecule has 94 valence electrons. The Hall–Kier alpha value is -1.51. The van der Waals surface area contributed by atoms with Crippen LogP contribution in [0.4, 0.5) is 5.69 Å². The molecule has 0 aromatic heterocycles. The van der Waals surface area contributed by atoms with Crippen LogP contribution < -0.4 is 5.32 Å². The van der Waals surface area contributed by atoms with Crippen molar-refractivity contribution in [3.05, 3.63) is 29.8 Å². The molecule has 3 heteroatoms. The molecule has 1 aromatic rings. The van der Waals surface area contributed by atoms with Crippen LogP contribution in [-0.4, -0.2) is 19.6 Å². The van der Waals surface area contributed by atoms with Crippen molar-refractivity contribution in [2.45, 2.75) is 26.7 Å². The second kappa shape index (κ2) is 6.28. The Kier molecular flexibility index (Phi) is 5.01. The van der Waals surface area contributed by atoms with E-state index in [0.717, 1.165) is 5.69 Å². The van der Waals surface area contributed by atoms with Gasteiger partial charge in [-0.25, -0.2) is 0 Å². The van der Waals surface area contributed by atoms with Gasteiger partial charge >= 0.3 is 5.97 Å². The zero-order chi connectivity index (χ0) is 12.8. The van der Waals surface area contributed by atoms with Gasteiger partial charge in [0.1, 0.15) is 0 Å². The van der Waals surface area contributed by atoms with Crippen molar-refractivity contribution in [3.63, 3.8) is 0 Å². The summed E-state index contributed by atoms with van der Waals surface area (Å²) in [4.78, 5) is 11.2. The fourth-order valence-corrected chi connectivity index (χ4v) is 1.56. The molecule has 0 bridgehead atoms. The number of methoxy groups -OCH3 is 1. The summed E-state index contributed by atoms with van der Waals surface area (Å²) in [6, 6.07) is 8.27. The maximum atomic E-state index is 11.2. The summed E-state index contributed by atoms with van der Waals surface area (Å²) < 4.78 is 4.68. The monoisotopic (exact) mass is 235 g/mol. The van der Waals surface area contributed by atoms with Gasteiger partial charge in [0, 0.05) is 12.2 Å². The van der Waals surface area contributed by atoms with Crippen LogP contribution in [0.15, 0.2) is 24.3 Å². The first kappa shape index (κ1) is 13.6. The minimum absolute atomic E-state index is 0.136. The average Bonchev–Trinajstić information content (AvgIpc) is 2.35. The number of rotatable bonds is 5. The first-order valence-corrected chi connectivity index (χ1v) is 5.96. The van der Waals surface area contributed by atoms with E-state index in [9.17, 15) is 4.79 Å². The lowest BCUT2D eigenvalue weighted by atomic mass is 10.0. The molecule has 0 aliphatic carbocycles. The molecule has 0 radical (unpaired) electrons. The van der Waals surface area contributed by atoms with E-state index in [1.54, 1.807) is 0 Å². The summed E-state index contributed by atoms with van der Waals surface area (Å²) in [5, 5.41) is 3.25. The quantitative estimate of drug-likeness (QED) is 0.797. The number of hydrogen-bond acceptors (Lipinski definition) is 3. The third-order valence-corrected chi connectivity index (χ3v) is 2.77. The van der Waals surface area contributed by atoms with E-state index >= 15 is 0 Å². The van der Waals surface area contributed by atoms with Crippen LogP contribution >= 0.6 is 0 Å². The Morgan fingerprint density at radius 1 is 1.35 bits per heavy atom. The molecule has 1 unspecified atom stereocenters. The van der Waals surface area contributed by atoms with Crippen molar-refractivity contribution in [3.8, 4) is 0 Å². The Bertz CT molecular complexity index is 374. The number of carbonyl (C=O) groups excluding carboxylic acids is 1. The first-order chi connectivity index (χ1) is 8.04. The van der Waals surface area contributed by atoms with E-state index in [-0.39, 0.29) is 11.9 Å². The van der Waals surface area contributed by atoms with Gasteiger partial charge in [-0.15, -0.1) is 0 Å². The summed E-state index contributed by atoms with van der Waals surface area (Å²) in [5.74, 6) is 0.190. The molecule has 17 heavy (non-hydrogen) atoms. The molecular formula is C14H21NO2. The van der Waals surface area contributed by atoms with Gasteiger partial charge in [0.15, 0.2) is 0 Å². The van der Waals surface area contributed by atoms with Gasteiger partial charge in [0.2, 0.25) is 0 Å². The fraction of sp³-hybridized carbons (Fsp3) is 0.500. The summed E-state index contributed by atoms with van der Waals surface area (Å²) in [6.07, 6.45) is 0. The number of carbonyl (C=O) groups is 1. The summed E-state index contributed by atoms with van der Waals surface area (Å²) in [6.45, 7) is 6.77. The third kappa shape index (κ3) is 4.10. The van der Waals surface area contributed by atoms with Crippen molar-refractivity contribution in [2.24, 2.45) is 5.92 Å². The molecule has 1 atom stereocenters. The van der Waals surface area contributed by atoms with E-state index in [2.05, 4.69) is 36.0 Å². The van der Waals surface area contributed by atoms with E-state index in [1.165, 1.54) is 12.7 Å². The zero-order valence-electron chi connectivity index (χ0n) is 11.0. The lowest BCUT2D eigenvalue weighted by molar-refractivity contribution is -0.144. The molecule has 0 spiro atoms. The number of ether oxygens (including phenoxy) is 1. The van der Waals surface area contributed by atoms with Crippen LogP contribution in [0.25, 0.3) is 0 Å². The predicted octanol–water partition coefficient (Wildman–Crippen LogP) is 3.03. The van der Waals surface area contributed by atoms with Crippen LogP contribution in [0.3, 0.4) is 0 Å². The first-order valence-electron chi connectivity index (χ1n) is 5.96. The van der Waals surface area contributed by atoms with Crippen molar-refractivity contribution in [1.29, 1.82) is 0 Å². The van der Waals surface area contributed by atoms with Gasteiger partial charge in [-0.1, -0.05) is 32.9 Å². The maximum Gasteiger partial charge on any atom is 0.310 e. The molecule has 0 aliphatic heterocycles. The van der Waals surface area contributed by atoms with Gasteiger partial charge in [-0.05, 0) is 23.6 Å². The number of hydrogen-bond donors (Lipinski definition) is 1. The molecule has 3 nitrogen and oxygen atoms in total. The molecule has 0 saturated heterocycles. The lowest BCUT2D eigenvalue weighted by Crippen LogP contribution is -2.21. The largest absolute Gasteiger partial charge is 0.469 e. The van der Waals surface area contributed by atoms with Crippen LogP contribution in [-0.2, 0) is 9.53 Å². The highest BCUT2D eigenvalue weighted by Crippen LogP contribution is 2.18. The van der Waals surface area contributed by atoms with Gasteiger partial charge < -0.3 is 10.1 Å². The smallest absolute Gasteiger partial charge is 0.310 e. The molecule has 1 aromatic carbocycles. The molecule has 0 aliphatic rings. The molecule has 1 N–H and O–H groups in total. The molecule has 1 rings (SSSR count). The van der Waals surface area contributed by atoms with Crippen molar-refractivity contribution in [1.82, 2.24) is 0 Å². The molecule has 0 fully saturated rings. The lowest BCUT2D eigenvalue weighted by Gasteiger charge is -2.13. The standard InChI is InChI=1S/C14H21NO2/c1-10(2)12-6-5-7-13(8-12)15-9-11(3)14(16)17-4/h5-8,10-11,15H,9H2,1-4H3. The summed E-state index contributed by atoms with van der Waals surface area (Å²) >= 11 is 0. The fourth-order valence-electron chi connectivity index (χ4n) is 1.56. The molecule has 0 amide bonds.